The van der Waals surface area contributed by atoms with Gasteiger partial charge in [0.2, 0.25) is 0 Å². The van der Waals surface area contributed by atoms with Crippen LogP contribution in [0.5, 0.6) is 5.75 Å². The number of phenolic OH excluding ortho intramolecular Hbond substituents is 1. The molecule has 0 fully saturated rings. The number of hydrogen-bond donors (Lipinski definition) is 2. The highest BCUT2D eigenvalue weighted by Gasteiger charge is 2.16. The summed E-state index contributed by atoms with van der Waals surface area (Å²) in [7, 11) is 0. The maximum atomic E-state index is 13.5. The molecule has 0 radical (unpaired) electrons. The van der Waals surface area contributed by atoms with Crippen molar-refractivity contribution in [1.29, 1.82) is 0 Å². The van der Waals surface area contributed by atoms with E-state index in [9.17, 15) is 18.7 Å². The molecular formula is C13H7Cl2F2NO2. The molecule has 20 heavy (non-hydrogen) atoms. The molecule has 2 rings (SSSR count). The predicted molar refractivity (Wildman–Crippen MR) is 72.4 cm³/mol. The lowest BCUT2D eigenvalue weighted by molar-refractivity contribution is 0.102. The minimum atomic E-state index is -0.863. The zero-order valence-electron chi connectivity index (χ0n) is 9.75. The molecule has 0 aliphatic heterocycles. The second-order valence-corrected chi connectivity index (χ2v) is 4.71. The van der Waals surface area contributed by atoms with Crippen molar-refractivity contribution in [2.75, 3.05) is 5.32 Å². The first-order valence-electron chi connectivity index (χ1n) is 5.33. The molecule has 2 aromatic rings. The van der Waals surface area contributed by atoms with Gasteiger partial charge in [-0.3, -0.25) is 4.79 Å². The Morgan fingerprint density at radius 3 is 2.45 bits per heavy atom. The summed E-state index contributed by atoms with van der Waals surface area (Å²) in [6, 6.07) is 5.33. The number of anilines is 1. The molecule has 2 aromatic carbocycles. The molecule has 0 saturated heterocycles. The van der Waals surface area contributed by atoms with Crippen molar-refractivity contribution in [2.45, 2.75) is 0 Å². The van der Waals surface area contributed by atoms with E-state index in [1.54, 1.807) is 0 Å². The number of aromatic hydroxyl groups is 1. The number of carbonyl (C=O) groups is 1. The van der Waals surface area contributed by atoms with Gasteiger partial charge in [-0.15, -0.1) is 0 Å². The van der Waals surface area contributed by atoms with Gasteiger partial charge in [-0.25, -0.2) is 8.78 Å². The quantitative estimate of drug-likeness (QED) is 0.870. The van der Waals surface area contributed by atoms with Gasteiger partial charge >= 0.3 is 0 Å². The van der Waals surface area contributed by atoms with Crippen molar-refractivity contribution >= 4 is 34.8 Å². The minimum absolute atomic E-state index is 0.126. The van der Waals surface area contributed by atoms with Gasteiger partial charge < -0.3 is 10.4 Å². The van der Waals surface area contributed by atoms with E-state index in [1.165, 1.54) is 12.1 Å². The molecule has 0 unspecified atom stereocenters. The van der Waals surface area contributed by atoms with Crippen molar-refractivity contribution in [1.82, 2.24) is 0 Å². The average Bonchev–Trinajstić information content (AvgIpc) is 2.37. The molecule has 0 saturated carbocycles. The van der Waals surface area contributed by atoms with Crippen LogP contribution in [0, 0.1) is 11.6 Å². The molecule has 0 aliphatic rings. The molecule has 2 N–H and O–H groups in total. The smallest absolute Gasteiger partial charge is 0.259 e. The molecule has 1 amide bonds. The minimum Gasteiger partial charge on any atom is -0.507 e. The Morgan fingerprint density at radius 1 is 1.10 bits per heavy atom. The first-order chi connectivity index (χ1) is 9.38. The number of hydrogen-bond acceptors (Lipinski definition) is 2. The van der Waals surface area contributed by atoms with Crippen LogP contribution in [0.15, 0.2) is 30.3 Å². The Kier molecular flexibility index (Phi) is 4.11. The maximum absolute atomic E-state index is 13.5. The number of nitrogens with one attached hydrogen (secondary N) is 1. The molecule has 3 nitrogen and oxygen atoms in total. The predicted octanol–water partition coefficient (Wildman–Crippen LogP) is 4.23. The number of phenols is 1. The number of rotatable bonds is 2. The summed E-state index contributed by atoms with van der Waals surface area (Å²) in [5.41, 5.74) is -0.398. The van der Waals surface area contributed by atoms with Crippen molar-refractivity contribution < 1.29 is 18.7 Å². The van der Waals surface area contributed by atoms with Crippen molar-refractivity contribution in [3.05, 3.63) is 57.6 Å². The molecule has 0 atom stereocenters. The summed E-state index contributed by atoms with van der Waals surface area (Å²) in [5, 5.41) is 11.6. The Morgan fingerprint density at radius 2 is 1.80 bits per heavy atom. The fourth-order valence-corrected chi connectivity index (χ4v) is 1.82. The highest BCUT2D eigenvalue weighted by molar-refractivity contribution is 6.31. The fraction of sp³-hybridized carbons (Fsp3) is 0. The zero-order valence-corrected chi connectivity index (χ0v) is 11.3. The molecule has 104 valence electrons. The summed E-state index contributed by atoms with van der Waals surface area (Å²) in [6.45, 7) is 0. The van der Waals surface area contributed by atoms with Crippen LogP contribution in [0.2, 0.25) is 10.0 Å². The normalized spacial score (nSPS) is 10.4. The molecule has 0 aromatic heterocycles. The summed E-state index contributed by atoms with van der Waals surface area (Å²) in [5.74, 6) is -3.03. The SMILES string of the molecule is O=C(Nc1ccc(Cl)cc1F)c1cc(Cl)c(F)cc1O. The third kappa shape index (κ3) is 3.00. The molecule has 7 heteroatoms. The molecule has 0 aliphatic carbocycles. The second-order valence-electron chi connectivity index (χ2n) is 3.86. The Hall–Kier alpha value is -1.85. The standard InChI is InChI=1S/C13H7Cl2F2NO2/c14-6-1-2-11(10(17)3-6)18-13(20)7-4-8(15)9(16)5-12(7)19/h1-5,19H,(H,18,20). The van der Waals surface area contributed by atoms with Gasteiger partial charge in [-0.2, -0.15) is 0 Å². The van der Waals surface area contributed by atoms with Gasteiger partial charge in [-0.1, -0.05) is 23.2 Å². The third-order valence-corrected chi connectivity index (χ3v) is 2.99. The summed E-state index contributed by atoms with van der Waals surface area (Å²) < 4.78 is 26.6. The lowest BCUT2D eigenvalue weighted by atomic mass is 10.1. The number of halogens is 4. The topological polar surface area (TPSA) is 49.3 Å². The third-order valence-electron chi connectivity index (χ3n) is 2.46. The largest absolute Gasteiger partial charge is 0.507 e. The van der Waals surface area contributed by atoms with Crippen molar-refractivity contribution in [3.8, 4) is 5.75 Å². The highest BCUT2D eigenvalue weighted by Crippen LogP contribution is 2.26. The number of amides is 1. The number of carbonyl (C=O) groups excluding carboxylic acids is 1. The van der Waals surface area contributed by atoms with Gasteiger partial charge in [0, 0.05) is 11.1 Å². The first kappa shape index (κ1) is 14.6. The van der Waals surface area contributed by atoms with Gasteiger partial charge in [0.1, 0.15) is 17.4 Å². The number of benzene rings is 2. The van der Waals surface area contributed by atoms with Crippen LogP contribution in [0.4, 0.5) is 14.5 Å². The summed E-state index contributed by atoms with van der Waals surface area (Å²) in [4.78, 5) is 11.9. The van der Waals surface area contributed by atoms with Crippen LogP contribution in [-0.2, 0) is 0 Å². The lowest BCUT2D eigenvalue weighted by Crippen LogP contribution is -2.13. The fourth-order valence-electron chi connectivity index (χ4n) is 1.50. The van der Waals surface area contributed by atoms with E-state index in [2.05, 4.69) is 5.32 Å². The van der Waals surface area contributed by atoms with Gasteiger partial charge in [0.05, 0.1) is 16.3 Å². The van der Waals surface area contributed by atoms with Crippen LogP contribution in [-0.4, -0.2) is 11.0 Å². The molecule has 0 heterocycles. The monoisotopic (exact) mass is 317 g/mol. The Bertz CT molecular complexity index is 692. The van der Waals surface area contributed by atoms with E-state index in [0.29, 0.717) is 6.07 Å². The average molecular weight is 318 g/mol. The maximum Gasteiger partial charge on any atom is 0.259 e. The van der Waals surface area contributed by atoms with E-state index in [4.69, 9.17) is 23.2 Å². The Balaban J connectivity index is 2.31. The van der Waals surface area contributed by atoms with Crippen LogP contribution in [0.1, 0.15) is 10.4 Å². The van der Waals surface area contributed by atoms with E-state index in [-0.39, 0.29) is 21.3 Å². The van der Waals surface area contributed by atoms with E-state index >= 15 is 0 Å². The molecule has 0 bridgehead atoms. The lowest BCUT2D eigenvalue weighted by Gasteiger charge is -2.08. The second kappa shape index (κ2) is 5.64. The van der Waals surface area contributed by atoms with Crippen molar-refractivity contribution in [2.24, 2.45) is 0 Å². The zero-order chi connectivity index (χ0) is 14.9. The van der Waals surface area contributed by atoms with Crippen LogP contribution >= 0.6 is 23.2 Å². The van der Waals surface area contributed by atoms with E-state index in [0.717, 1.165) is 12.1 Å². The molecular weight excluding hydrogens is 311 g/mol. The summed E-state index contributed by atoms with van der Waals surface area (Å²) >= 11 is 11.1. The highest BCUT2D eigenvalue weighted by atomic mass is 35.5. The van der Waals surface area contributed by atoms with Crippen LogP contribution in [0.3, 0.4) is 0 Å². The molecule has 0 spiro atoms. The summed E-state index contributed by atoms with van der Waals surface area (Å²) in [6.07, 6.45) is 0. The van der Waals surface area contributed by atoms with Crippen LogP contribution < -0.4 is 5.32 Å². The first-order valence-corrected chi connectivity index (χ1v) is 6.08. The van der Waals surface area contributed by atoms with E-state index < -0.39 is 23.3 Å². The van der Waals surface area contributed by atoms with Gasteiger partial charge in [0.15, 0.2) is 0 Å². The van der Waals surface area contributed by atoms with Gasteiger partial charge in [0.25, 0.3) is 5.91 Å². The van der Waals surface area contributed by atoms with Crippen LogP contribution in [0.25, 0.3) is 0 Å². The van der Waals surface area contributed by atoms with Gasteiger partial charge in [-0.05, 0) is 24.3 Å². The van der Waals surface area contributed by atoms with E-state index in [1.807, 2.05) is 0 Å². The van der Waals surface area contributed by atoms with Crippen molar-refractivity contribution in [3.63, 3.8) is 0 Å². The Labute approximate surface area is 122 Å².